The topological polar surface area (TPSA) is 87.2 Å². The maximum atomic E-state index is 12.5. The minimum atomic E-state index is -0.384. The first-order chi connectivity index (χ1) is 11.6. The Morgan fingerprint density at radius 1 is 1.38 bits per heavy atom. The second-order valence-corrected chi connectivity index (χ2v) is 6.03. The molecular weight excluding hydrogens is 330 g/mol. The van der Waals surface area contributed by atoms with Gasteiger partial charge in [0.2, 0.25) is 11.8 Å². The van der Waals surface area contributed by atoms with Gasteiger partial charge in [-0.15, -0.1) is 0 Å². The number of carbonyl (C=O) groups is 2. The lowest BCUT2D eigenvalue weighted by molar-refractivity contribution is -0.136. The summed E-state index contributed by atoms with van der Waals surface area (Å²) in [4.78, 5) is 34.3. The number of amides is 2. The number of hydrogen-bond acceptors (Lipinski definition) is 5. The smallest absolute Gasteiger partial charge is 0.242 e. The Morgan fingerprint density at radius 2 is 2.21 bits per heavy atom. The second kappa shape index (κ2) is 7.00. The van der Waals surface area contributed by atoms with Crippen LogP contribution in [0.3, 0.4) is 0 Å². The highest BCUT2D eigenvalue weighted by Gasteiger charge is 2.33. The zero-order valence-corrected chi connectivity index (χ0v) is 14.0. The SMILES string of the molecule is CNC(=O)[C@@H]1CCCN1C(=O)CNc1ncnc2cc(Cl)ccc12. The van der Waals surface area contributed by atoms with Gasteiger partial charge in [-0.2, -0.15) is 0 Å². The molecule has 1 atom stereocenters. The standard InChI is InChI=1S/C16H18ClN5O2/c1-18-16(24)13-3-2-6-22(13)14(23)8-19-15-11-5-4-10(17)7-12(11)20-9-21-15/h4-5,7,9,13H,2-3,6,8H2,1H3,(H,18,24)(H,19,20,21)/t13-/m0/s1. The molecule has 1 saturated heterocycles. The molecule has 0 bridgehead atoms. The molecule has 7 nitrogen and oxygen atoms in total. The van der Waals surface area contributed by atoms with E-state index in [2.05, 4.69) is 20.6 Å². The number of anilines is 1. The van der Waals surface area contributed by atoms with E-state index in [1.807, 2.05) is 6.07 Å². The van der Waals surface area contributed by atoms with Crippen molar-refractivity contribution in [1.82, 2.24) is 20.2 Å². The Morgan fingerprint density at radius 3 is 3.00 bits per heavy atom. The summed E-state index contributed by atoms with van der Waals surface area (Å²) in [6.45, 7) is 0.668. The van der Waals surface area contributed by atoms with Crippen molar-refractivity contribution in [3.8, 4) is 0 Å². The van der Waals surface area contributed by atoms with Crippen LogP contribution < -0.4 is 10.6 Å². The molecule has 24 heavy (non-hydrogen) atoms. The van der Waals surface area contributed by atoms with Gasteiger partial charge in [-0.1, -0.05) is 11.6 Å². The lowest BCUT2D eigenvalue weighted by Gasteiger charge is -2.23. The van der Waals surface area contributed by atoms with Crippen molar-refractivity contribution in [2.24, 2.45) is 0 Å². The van der Waals surface area contributed by atoms with Crippen LogP contribution in [0.5, 0.6) is 0 Å². The van der Waals surface area contributed by atoms with Gasteiger partial charge in [0.25, 0.3) is 0 Å². The fourth-order valence-electron chi connectivity index (χ4n) is 2.94. The van der Waals surface area contributed by atoms with Crippen LogP contribution in [0.4, 0.5) is 5.82 Å². The van der Waals surface area contributed by atoms with Crippen LogP contribution in [-0.2, 0) is 9.59 Å². The average Bonchev–Trinajstić information content (AvgIpc) is 3.08. The molecule has 126 valence electrons. The number of carbonyl (C=O) groups excluding carboxylic acids is 2. The predicted octanol–water partition coefficient (Wildman–Crippen LogP) is 1.43. The van der Waals surface area contributed by atoms with Crippen LogP contribution in [0, 0.1) is 0 Å². The lowest BCUT2D eigenvalue weighted by Crippen LogP contribution is -2.46. The van der Waals surface area contributed by atoms with Crippen molar-refractivity contribution in [3.63, 3.8) is 0 Å². The number of fused-ring (bicyclic) bond motifs is 1. The van der Waals surface area contributed by atoms with E-state index in [0.29, 0.717) is 29.3 Å². The number of nitrogens with zero attached hydrogens (tertiary/aromatic N) is 3. The molecule has 0 spiro atoms. The van der Waals surface area contributed by atoms with Gasteiger partial charge in [0.1, 0.15) is 18.2 Å². The zero-order chi connectivity index (χ0) is 17.1. The summed E-state index contributed by atoms with van der Waals surface area (Å²) in [6.07, 6.45) is 2.95. The first kappa shape index (κ1) is 16.4. The van der Waals surface area contributed by atoms with Gasteiger partial charge in [0.05, 0.1) is 12.1 Å². The van der Waals surface area contributed by atoms with E-state index in [4.69, 9.17) is 11.6 Å². The molecule has 3 rings (SSSR count). The molecule has 1 aliphatic rings. The Hall–Kier alpha value is -2.41. The van der Waals surface area contributed by atoms with Crippen molar-refractivity contribution in [2.45, 2.75) is 18.9 Å². The second-order valence-electron chi connectivity index (χ2n) is 5.60. The minimum absolute atomic E-state index is 0.0717. The van der Waals surface area contributed by atoms with Crippen molar-refractivity contribution in [1.29, 1.82) is 0 Å². The van der Waals surface area contributed by atoms with Crippen LogP contribution >= 0.6 is 11.6 Å². The first-order valence-corrected chi connectivity index (χ1v) is 8.13. The molecule has 8 heteroatoms. The Bertz CT molecular complexity index is 782. The largest absolute Gasteiger partial charge is 0.360 e. The van der Waals surface area contributed by atoms with E-state index in [0.717, 1.165) is 11.8 Å². The molecule has 0 saturated carbocycles. The first-order valence-electron chi connectivity index (χ1n) is 7.75. The Kier molecular flexibility index (Phi) is 4.80. The molecule has 2 N–H and O–H groups in total. The number of rotatable bonds is 4. The highest BCUT2D eigenvalue weighted by molar-refractivity contribution is 6.31. The van der Waals surface area contributed by atoms with E-state index >= 15 is 0 Å². The maximum Gasteiger partial charge on any atom is 0.242 e. The van der Waals surface area contributed by atoms with Crippen LogP contribution in [0.1, 0.15) is 12.8 Å². The fraction of sp³-hybridized carbons (Fsp3) is 0.375. The summed E-state index contributed by atoms with van der Waals surface area (Å²) in [5.41, 5.74) is 0.705. The summed E-state index contributed by atoms with van der Waals surface area (Å²) in [7, 11) is 1.58. The monoisotopic (exact) mass is 347 g/mol. The van der Waals surface area contributed by atoms with Crippen LogP contribution in [0.2, 0.25) is 5.02 Å². The normalized spacial score (nSPS) is 17.1. The third kappa shape index (κ3) is 3.26. The minimum Gasteiger partial charge on any atom is -0.360 e. The quantitative estimate of drug-likeness (QED) is 0.873. The van der Waals surface area contributed by atoms with Gasteiger partial charge >= 0.3 is 0 Å². The summed E-state index contributed by atoms with van der Waals surface area (Å²) in [6, 6.07) is 4.93. The predicted molar refractivity (Wildman–Crippen MR) is 91.8 cm³/mol. The third-order valence-corrected chi connectivity index (χ3v) is 4.36. The maximum absolute atomic E-state index is 12.5. The summed E-state index contributed by atoms with van der Waals surface area (Å²) in [5, 5.41) is 7.03. The molecule has 1 aromatic carbocycles. The van der Waals surface area contributed by atoms with Gasteiger partial charge in [-0.25, -0.2) is 9.97 Å². The van der Waals surface area contributed by atoms with E-state index < -0.39 is 0 Å². The molecule has 0 radical (unpaired) electrons. The van der Waals surface area contributed by atoms with Gasteiger partial charge in [0.15, 0.2) is 0 Å². The van der Waals surface area contributed by atoms with E-state index in [1.165, 1.54) is 6.33 Å². The Labute approximate surface area is 144 Å². The third-order valence-electron chi connectivity index (χ3n) is 4.13. The molecule has 2 aromatic rings. The molecule has 0 aliphatic carbocycles. The van der Waals surface area contributed by atoms with Crippen LogP contribution in [0.25, 0.3) is 10.9 Å². The van der Waals surface area contributed by atoms with Crippen LogP contribution in [-0.4, -0.2) is 52.9 Å². The van der Waals surface area contributed by atoms with Gasteiger partial charge in [0, 0.05) is 24.0 Å². The van der Waals surface area contributed by atoms with Crippen molar-refractivity contribution < 1.29 is 9.59 Å². The van der Waals surface area contributed by atoms with Gasteiger partial charge < -0.3 is 15.5 Å². The lowest BCUT2D eigenvalue weighted by atomic mass is 10.2. The number of nitrogens with one attached hydrogen (secondary N) is 2. The van der Waals surface area contributed by atoms with E-state index in [9.17, 15) is 9.59 Å². The average molecular weight is 348 g/mol. The zero-order valence-electron chi connectivity index (χ0n) is 13.3. The van der Waals surface area contributed by atoms with Crippen molar-refractivity contribution in [2.75, 3.05) is 25.5 Å². The molecule has 2 heterocycles. The summed E-state index contributed by atoms with van der Waals surface area (Å²) >= 11 is 5.96. The van der Waals surface area contributed by atoms with Crippen molar-refractivity contribution >= 4 is 40.1 Å². The number of hydrogen-bond donors (Lipinski definition) is 2. The number of likely N-dealkylation sites (N-methyl/N-ethyl adjacent to an activating group) is 1. The molecule has 1 fully saturated rings. The van der Waals surface area contributed by atoms with Gasteiger partial charge in [-0.3, -0.25) is 9.59 Å². The summed E-state index contributed by atoms with van der Waals surface area (Å²) < 4.78 is 0. The summed E-state index contributed by atoms with van der Waals surface area (Å²) in [5.74, 6) is 0.325. The molecular formula is C16H18ClN5O2. The van der Waals surface area contributed by atoms with Crippen LogP contribution in [0.15, 0.2) is 24.5 Å². The molecule has 1 aromatic heterocycles. The number of aromatic nitrogens is 2. The number of likely N-dealkylation sites (tertiary alicyclic amines) is 1. The number of halogens is 1. The number of benzene rings is 1. The Balaban J connectivity index is 1.72. The fourth-order valence-corrected chi connectivity index (χ4v) is 3.10. The molecule has 1 aliphatic heterocycles. The molecule has 0 unspecified atom stereocenters. The highest BCUT2D eigenvalue weighted by atomic mass is 35.5. The van der Waals surface area contributed by atoms with E-state index in [1.54, 1.807) is 24.1 Å². The van der Waals surface area contributed by atoms with Gasteiger partial charge in [-0.05, 0) is 31.0 Å². The van der Waals surface area contributed by atoms with Crippen molar-refractivity contribution in [3.05, 3.63) is 29.5 Å². The highest BCUT2D eigenvalue weighted by Crippen LogP contribution is 2.23. The molecule has 2 amide bonds. The van der Waals surface area contributed by atoms with E-state index in [-0.39, 0.29) is 24.4 Å².